The van der Waals surface area contributed by atoms with Gasteiger partial charge < -0.3 is 19.9 Å². The highest BCUT2D eigenvalue weighted by Gasteiger charge is 2.25. The van der Waals surface area contributed by atoms with Crippen LogP contribution in [0.1, 0.15) is 18.9 Å². The summed E-state index contributed by atoms with van der Waals surface area (Å²) in [5, 5.41) is 8.07. The van der Waals surface area contributed by atoms with Gasteiger partial charge in [0.25, 0.3) is 0 Å². The fraction of sp³-hybridized carbons (Fsp3) is 0.379. The van der Waals surface area contributed by atoms with Crippen LogP contribution in [0.2, 0.25) is 5.02 Å². The van der Waals surface area contributed by atoms with E-state index in [1.807, 2.05) is 47.4 Å². The Morgan fingerprint density at radius 2 is 1.75 bits per heavy atom. The Balaban J connectivity index is 1.35. The van der Waals surface area contributed by atoms with Gasteiger partial charge in [-0.3, -0.25) is 15.0 Å². The van der Waals surface area contributed by atoms with Crippen LogP contribution in [0.15, 0.2) is 60.8 Å². The van der Waals surface area contributed by atoms with Gasteiger partial charge in [-0.25, -0.2) is 14.6 Å². The number of halogens is 1. The van der Waals surface area contributed by atoms with E-state index in [2.05, 4.69) is 20.5 Å². The topological polar surface area (TPSA) is 107 Å². The Kier molecular flexibility index (Phi) is 10.2. The van der Waals surface area contributed by atoms with Gasteiger partial charge in [-0.1, -0.05) is 54.1 Å². The number of pyridine rings is 1. The van der Waals surface area contributed by atoms with Crippen LogP contribution in [-0.2, 0) is 16.1 Å². The molecule has 0 aliphatic carbocycles. The van der Waals surface area contributed by atoms with Crippen molar-refractivity contribution >= 4 is 46.2 Å². The van der Waals surface area contributed by atoms with Crippen LogP contribution in [0, 0.1) is 0 Å². The Hall–Kier alpha value is -3.89. The van der Waals surface area contributed by atoms with Crippen LogP contribution in [-0.4, -0.2) is 90.1 Å². The molecule has 4 amide bonds. The van der Waals surface area contributed by atoms with Crippen molar-refractivity contribution in [1.29, 1.82) is 0 Å². The summed E-state index contributed by atoms with van der Waals surface area (Å²) in [5.74, 6) is 0.460. The fourth-order valence-corrected chi connectivity index (χ4v) is 4.78. The van der Waals surface area contributed by atoms with Crippen molar-refractivity contribution in [3.05, 3.63) is 71.4 Å². The third-order valence-corrected chi connectivity index (χ3v) is 7.49. The van der Waals surface area contributed by atoms with Crippen molar-refractivity contribution < 1.29 is 19.1 Å². The number of nitrogens with one attached hydrogen (secondary N) is 2. The zero-order valence-corrected chi connectivity index (χ0v) is 23.6. The number of hydrogen-bond donors (Lipinski definition) is 2. The van der Waals surface area contributed by atoms with Crippen LogP contribution in [0.3, 0.4) is 0 Å². The summed E-state index contributed by atoms with van der Waals surface area (Å²) in [5.41, 5.74) is 0.810. The average molecular weight is 567 g/mol. The lowest BCUT2D eigenvalue weighted by Gasteiger charge is -2.36. The van der Waals surface area contributed by atoms with Crippen LogP contribution >= 0.6 is 11.6 Å². The van der Waals surface area contributed by atoms with Gasteiger partial charge in [-0.05, 0) is 29.5 Å². The molecule has 11 heteroatoms. The van der Waals surface area contributed by atoms with E-state index >= 15 is 0 Å². The first-order valence-corrected chi connectivity index (χ1v) is 13.7. The molecule has 0 radical (unpaired) electrons. The summed E-state index contributed by atoms with van der Waals surface area (Å²) in [4.78, 5) is 47.3. The molecular weight excluding hydrogens is 532 g/mol. The number of carbonyl (C=O) groups is 3. The summed E-state index contributed by atoms with van der Waals surface area (Å²) >= 11 is 6.23. The molecule has 1 aliphatic rings. The molecule has 212 valence electrons. The number of nitrogens with zero attached hydrogens (tertiary/aromatic N) is 4. The van der Waals surface area contributed by atoms with E-state index in [0.29, 0.717) is 36.9 Å². The van der Waals surface area contributed by atoms with Gasteiger partial charge in [-0.15, -0.1) is 0 Å². The molecule has 1 saturated heterocycles. The summed E-state index contributed by atoms with van der Waals surface area (Å²) in [7, 11) is 1.69. The third-order valence-electron chi connectivity index (χ3n) is 7.12. The number of hydrogen-bond acceptors (Lipinski definition) is 6. The highest BCUT2D eigenvalue weighted by Crippen LogP contribution is 2.17. The molecule has 0 spiro atoms. The van der Waals surface area contributed by atoms with Gasteiger partial charge in [0.05, 0.1) is 6.04 Å². The van der Waals surface area contributed by atoms with E-state index in [-0.39, 0.29) is 31.1 Å². The van der Waals surface area contributed by atoms with Crippen molar-refractivity contribution in [2.24, 2.45) is 0 Å². The number of anilines is 1. The second-order valence-corrected chi connectivity index (χ2v) is 10.2. The maximum Gasteiger partial charge on any atom is 0.412 e. The molecule has 1 aliphatic heterocycles. The maximum atomic E-state index is 13.0. The number of carbonyl (C=O) groups excluding carboxylic acids is 3. The number of aromatic nitrogens is 1. The minimum Gasteiger partial charge on any atom is -0.447 e. The number of ether oxygens (including phenoxy) is 1. The Bertz CT molecular complexity index is 1330. The molecule has 1 atom stereocenters. The molecule has 4 rings (SSSR count). The van der Waals surface area contributed by atoms with Gasteiger partial charge in [-0.2, -0.15) is 0 Å². The molecule has 0 saturated carbocycles. The van der Waals surface area contributed by atoms with E-state index < -0.39 is 6.09 Å². The van der Waals surface area contributed by atoms with E-state index in [4.69, 9.17) is 16.3 Å². The first-order chi connectivity index (χ1) is 19.3. The van der Waals surface area contributed by atoms with Crippen molar-refractivity contribution in [2.45, 2.75) is 25.9 Å². The minimum absolute atomic E-state index is 0.00282. The van der Waals surface area contributed by atoms with Crippen LogP contribution in [0.4, 0.5) is 15.4 Å². The van der Waals surface area contributed by atoms with Crippen molar-refractivity contribution in [1.82, 2.24) is 25.0 Å². The molecule has 0 bridgehead atoms. The SMILES string of the molecule is CC(=O)N1CCN(CC[C@@H](COC(=O)Nc2cc3ccccc3cn2)N(C)C(=O)NCc2ccccc2Cl)CC1. The standard InChI is InChI=1S/C29H35ClN6O4/c1-21(37)36-15-13-35(14-16-36)12-11-25(34(2)28(38)32-19-24-9-5-6-10-26(24)30)20-40-29(39)33-27-17-22-7-3-4-8-23(22)18-31-27/h3-10,17-18,25H,11-16,19-20H2,1-2H3,(H,32,38)(H,31,33,39)/t25-/m0/s1. The number of likely N-dealkylation sites (N-methyl/N-ethyl adjacent to an activating group) is 1. The number of amides is 4. The highest BCUT2D eigenvalue weighted by atomic mass is 35.5. The summed E-state index contributed by atoms with van der Waals surface area (Å²) < 4.78 is 5.56. The largest absolute Gasteiger partial charge is 0.447 e. The molecule has 2 aromatic carbocycles. The third kappa shape index (κ3) is 8.06. The normalized spacial score (nSPS) is 14.4. The summed E-state index contributed by atoms with van der Waals surface area (Å²) in [6.07, 6.45) is 1.63. The lowest BCUT2D eigenvalue weighted by atomic mass is 10.1. The van der Waals surface area contributed by atoms with Crippen molar-refractivity contribution in [3.63, 3.8) is 0 Å². The van der Waals surface area contributed by atoms with Gasteiger partial charge in [0.2, 0.25) is 5.91 Å². The zero-order valence-electron chi connectivity index (χ0n) is 22.8. The van der Waals surface area contributed by atoms with E-state index in [1.54, 1.807) is 37.2 Å². The van der Waals surface area contributed by atoms with E-state index in [1.165, 1.54) is 0 Å². The van der Waals surface area contributed by atoms with Gasteiger partial charge in [0.15, 0.2) is 0 Å². The quantitative estimate of drug-likeness (QED) is 0.402. The van der Waals surface area contributed by atoms with Crippen LogP contribution in [0.25, 0.3) is 10.8 Å². The second-order valence-electron chi connectivity index (χ2n) is 9.79. The summed E-state index contributed by atoms with van der Waals surface area (Å²) in [6, 6.07) is 16.2. The lowest BCUT2D eigenvalue weighted by molar-refractivity contribution is -0.130. The first kappa shape index (κ1) is 29.1. The number of urea groups is 1. The van der Waals surface area contributed by atoms with E-state index in [0.717, 1.165) is 29.4 Å². The van der Waals surface area contributed by atoms with Crippen LogP contribution in [0.5, 0.6) is 0 Å². The number of benzene rings is 2. The van der Waals surface area contributed by atoms with Gasteiger partial charge in [0, 0.05) is 69.8 Å². The highest BCUT2D eigenvalue weighted by molar-refractivity contribution is 6.31. The minimum atomic E-state index is -0.646. The Labute approximate surface area is 239 Å². The average Bonchev–Trinajstić information content (AvgIpc) is 2.96. The molecular formula is C29H35ClN6O4. The van der Waals surface area contributed by atoms with Crippen molar-refractivity contribution in [3.8, 4) is 0 Å². The molecule has 2 heterocycles. The van der Waals surface area contributed by atoms with E-state index in [9.17, 15) is 14.4 Å². The molecule has 2 N–H and O–H groups in total. The fourth-order valence-electron chi connectivity index (χ4n) is 4.57. The van der Waals surface area contributed by atoms with Gasteiger partial charge >= 0.3 is 12.1 Å². The molecule has 10 nitrogen and oxygen atoms in total. The lowest BCUT2D eigenvalue weighted by Crippen LogP contribution is -2.50. The molecule has 3 aromatic rings. The maximum absolute atomic E-state index is 13.0. The molecule has 1 aromatic heterocycles. The van der Waals surface area contributed by atoms with Gasteiger partial charge in [0.1, 0.15) is 12.4 Å². The predicted octanol–water partition coefficient (Wildman–Crippen LogP) is 4.20. The van der Waals surface area contributed by atoms with Crippen LogP contribution < -0.4 is 10.6 Å². The second kappa shape index (κ2) is 14.0. The molecule has 1 fully saturated rings. The number of fused-ring (bicyclic) bond motifs is 1. The molecule has 0 unspecified atom stereocenters. The summed E-state index contributed by atoms with van der Waals surface area (Å²) in [6.45, 7) is 5.40. The number of rotatable bonds is 9. The number of piperazine rings is 1. The first-order valence-electron chi connectivity index (χ1n) is 13.3. The monoisotopic (exact) mass is 566 g/mol. The smallest absolute Gasteiger partial charge is 0.412 e. The zero-order chi connectivity index (χ0) is 28.5. The Morgan fingerprint density at radius 1 is 1.05 bits per heavy atom. The molecule has 40 heavy (non-hydrogen) atoms. The Morgan fingerprint density at radius 3 is 2.48 bits per heavy atom. The van der Waals surface area contributed by atoms with Crippen molar-refractivity contribution in [2.75, 3.05) is 51.7 Å². The predicted molar refractivity (Wildman–Crippen MR) is 155 cm³/mol.